The van der Waals surface area contributed by atoms with E-state index in [2.05, 4.69) is 9.98 Å². The molecule has 2 aromatic heterocycles. The van der Waals surface area contributed by atoms with Gasteiger partial charge in [-0.2, -0.15) is 0 Å². The highest BCUT2D eigenvalue weighted by molar-refractivity contribution is 7.13. The third-order valence-electron chi connectivity index (χ3n) is 5.17. The summed E-state index contributed by atoms with van der Waals surface area (Å²) in [5, 5.41) is 14.4. The first-order valence-electron chi connectivity index (χ1n) is 10.5. The number of fused-ring (bicyclic) bond motifs is 1. The highest BCUT2D eigenvalue weighted by atomic mass is 32.1. The summed E-state index contributed by atoms with van der Waals surface area (Å²) in [7, 11) is 0. The number of nitrogens with zero attached hydrogens (tertiary/aromatic N) is 3. The minimum Gasteiger partial charge on any atom is -0.494 e. The number of aromatic nitrogens is 2. The van der Waals surface area contributed by atoms with E-state index in [1.54, 1.807) is 36.6 Å². The summed E-state index contributed by atoms with van der Waals surface area (Å²) in [4.78, 5) is 33.7. The Balaban J connectivity index is 1.80. The number of hydrogen-bond acceptors (Lipinski definition) is 7. The van der Waals surface area contributed by atoms with Gasteiger partial charge in [0.25, 0.3) is 5.56 Å². The van der Waals surface area contributed by atoms with E-state index in [1.807, 2.05) is 32.0 Å². The molecule has 168 valence electrons. The van der Waals surface area contributed by atoms with E-state index >= 15 is 0 Å². The maximum absolute atomic E-state index is 13.3. The standard InChI is InChI=1S/C25H23N3O4S/c1-4-32-22(29)12-17-14-33-25(27-17)26-13-20-18-7-5-6-8-19(18)23(30)28(24(20)31)21-10-9-15(2)11-16(21)3/h5-11,13-14,31H,4,12H2,1-3H3/b26-13+. The minimum absolute atomic E-state index is 0.0750. The first-order chi connectivity index (χ1) is 15.9. The zero-order valence-corrected chi connectivity index (χ0v) is 19.3. The van der Waals surface area contributed by atoms with Gasteiger partial charge >= 0.3 is 5.97 Å². The molecular formula is C25H23N3O4S. The van der Waals surface area contributed by atoms with Crippen molar-refractivity contribution in [1.82, 2.24) is 9.55 Å². The molecule has 0 spiro atoms. The van der Waals surface area contributed by atoms with Crippen LogP contribution in [-0.2, 0) is 16.0 Å². The number of carbonyl (C=O) groups is 1. The molecule has 0 saturated heterocycles. The number of thiazole rings is 1. The predicted octanol–water partition coefficient (Wildman–Crippen LogP) is 4.63. The SMILES string of the molecule is CCOC(=O)Cc1csc(/N=C/c2c(O)n(-c3ccc(C)cc3C)c(=O)c3ccccc23)n1. The molecular weight excluding hydrogens is 438 g/mol. The number of carbonyl (C=O) groups excluding carboxylic acids is 1. The van der Waals surface area contributed by atoms with Crippen LogP contribution < -0.4 is 5.56 Å². The van der Waals surface area contributed by atoms with E-state index in [9.17, 15) is 14.7 Å². The lowest BCUT2D eigenvalue weighted by Crippen LogP contribution is -2.21. The molecule has 4 rings (SSSR count). The number of rotatable bonds is 6. The van der Waals surface area contributed by atoms with Crippen LogP contribution in [-0.4, -0.2) is 33.4 Å². The van der Waals surface area contributed by atoms with E-state index < -0.39 is 0 Å². The third-order valence-corrected chi connectivity index (χ3v) is 5.97. The van der Waals surface area contributed by atoms with Crippen LogP contribution in [0.3, 0.4) is 0 Å². The number of benzene rings is 2. The summed E-state index contributed by atoms with van der Waals surface area (Å²) >= 11 is 1.28. The molecule has 0 bridgehead atoms. The van der Waals surface area contributed by atoms with Crippen molar-refractivity contribution >= 4 is 39.4 Å². The molecule has 0 amide bonds. The number of pyridine rings is 1. The van der Waals surface area contributed by atoms with Crippen molar-refractivity contribution in [2.75, 3.05) is 6.61 Å². The van der Waals surface area contributed by atoms with E-state index in [1.165, 1.54) is 22.1 Å². The van der Waals surface area contributed by atoms with E-state index in [-0.39, 0.29) is 23.8 Å². The van der Waals surface area contributed by atoms with Gasteiger partial charge in [-0.15, -0.1) is 11.3 Å². The number of aromatic hydroxyl groups is 1. The molecule has 0 aliphatic heterocycles. The second-order valence-electron chi connectivity index (χ2n) is 7.57. The maximum atomic E-state index is 13.3. The fourth-order valence-corrected chi connectivity index (χ4v) is 4.35. The summed E-state index contributed by atoms with van der Waals surface area (Å²) in [5.74, 6) is -0.541. The van der Waals surface area contributed by atoms with Crippen LogP contribution in [0.15, 0.2) is 57.6 Å². The van der Waals surface area contributed by atoms with Crippen molar-refractivity contribution < 1.29 is 14.6 Å². The first-order valence-corrected chi connectivity index (χ1v) is 11.4. The minimum atomic E-state index is -0.345. The number of aliphatic imine (C=N–C) groups is 1. The van der Waals surface area contributed by atoms with Gasteiger partial charge in [0, 0.05) is 22.4 Å². The molecule has 1 N–H and O–H groups in total. The van der Waals surface area contributed by atoms with Crippen LogP contribution in [0, 0.1) is 13.8 Å². The Morgan fingerprint density at radius 1 is 1.21 bits per heavy atom. The lowest BCUT2D eigenvalue weighted by Gasteiger charge is -2.15. The molecule has 0 aliphatic rings. The number of hydrogen-bond donors (Lipinski definition) is 1. The zero-order chi connectivity index (χ0) is 23.5. The van der Waals surface area contributed by atoms with Gasteiger partial charge in [-0.3, -0.25) is 9.59 Å². The van der Waals surface area contributed by atoms with Gasteiger partial charge in [0.05, 0.1) is 30.0 Å². The quantitative estimate of drug-likeness (QED) is 0.334. The lowest BCUT2D eigenvalue weighted by molar-refractivity contribution is -0.142. The second-order valence-corrected chi connectivity index (χ2v) is 8.41. The average molecular weight is 462 g/mol. The van der Waals surface area contributed by atoms with Crippen molar-refractivity contribution in [2.45, 2.75) is 27.2 Å². The molecule has 0 aliphatic carbocycles. The second kappa shape index (κ2) is 9.38. The van der Waals surface area contributed by atoms with Gasteiger partial charge < -0.3 is 9.84 Å². The van der Waals surface area contributed by atoms with Crippen molar-refractivity contribution in [2.24, 2.45) is 4.99 Å². The van der Waals surface area contributed by atoms with Crippen molar-refractivity contribution in [1.29, 1.82) is 0 Å². The zero-order valence-electron chi connectivity index (χ0n) is 18.5. The fourth-order valence-electron chi connectivity index (χ4n) is 3.69. The van der Waals surface area contributed by atoms with E-state index in [0.717, 1.165) is 11.1 Å². The monoisotopic (exact) mass is 461 g/mol. The van der Waals surface area contributed by atoms with Crippen LogP contribution >= 0.6 is 11.3 Å². The van der Waals surface area contributed by atoms with Gasteiger partial charge in [-0.1, -0.05) is 35.9 Å². The van der Waals surface area contributed by atoms with Gasteiger partial charge in [-0.25, -0.2) is 14.5 Å². The molecule has 2 aromatic carbocycles. The van der Waals surface area contributed by atoms with Crippen LogP contribution in [0.2, 0.25) is 0 Å². The lowest BCUT2D eigenvalue weighted by atomic mass is 10.1. The smallest absolute Gasteiger partial charge is 0.311 e. The summed E-state index contributed by atoms with van der Waals surface area (Å²) in [5.41, 5.74) is 3.21. The third kappa shape index (κ3) is 4.56. The fraction of sp³-hybridized carbons (Fsp3) is 0.200. The summed E-state index contributed by atoms with van der Waals surface area (Å²) in [6.07, 6.45) is 1.58. The summed E-state index contributed by atoms with van der Waals surface area (Å²) in [6, 6.07) is 12.8. The van der Waals surface area contributed by atoms with Crippen molar-refractivity contribution in [3.05, 3.63) is 80.6 Å². The van der Waals surface area contributed by atoms with Gasteiger partial charge in [0.1, 0.15) is 0 Å². The molecule has 0 unspecified atom stereocenters. The van der Waals surface area contributed by atoms with Crippen LogP contribution in [0.4, 0.5) is 5.13 Å². The summed E-state index contributed by atoms with van der Waals surface area (Å²) in [6.45, 7) is 5.94. The molecule has 2 heterocycles. The van der Waals surface area contributed by atoms with Gasteiger partial charge in [-0.05, 0) is 38.5 Å². The summed E-state index contributed by atoms with van der Waals surface area (Å²) < 4.78 is 6.27. The Bertz CT molecular complexity index is 1440. The molecule has 0 radical (unpaired) electrons. The van der Waals surface area contributed by atoms with Crippen molar-refractivity contribution in [3.8, 4) is 11.6 Å². The Hall–Kier alpha value is -3.78. The van der Waals surface area contributed by atoms with Gasteiger partial charge in [0.15, 0.2) is 0 Å². The first kappa shape index (κ1) is 22.4. The Morgan fingerprint density at radius 2 is 1.97 bits per heavy atom. The number of esters is 1. The highest BCUT2D eigenvalue weighted by Crippen LogP contribution is 2.28. The molecule has 7 nitrogen and oxygen atoms in total. The number of aryl methyl sites for hydroxylation is 2. The topological polar surface area (TPSA) is 93.8 Å². The highest BCUT2D eigenvalue weighted by Gasteiger charge is 2.17. The Labute approximate surface area is 194 Å². The predicted molar refractivity (Wildman–Crippen MR) is 130 cm³/mol. The largest absolute Gasteiger partial charge is 0.494 e. The van der Waals surface area contributed by atoms with E-state index in [4.69, 9.17) is 4.74 Å². The van der Waals surface area contributed by atoms with Crippen LogP contribution in [0.1, 0.15) is 29.3 Å². The molecule has 0 fully saturated rings. The van der Waals surface area contributed by atoms with Crippen LogP contribution in [0.25, 0.3) is 16.5 Å². The molecule has 8 heteroatoms. The van der Waals surface area contributed by atoms with E-state index in [0.29, 0.717) is 39.5 Å². The molecule has 33 heavy (non-hydrogen) atoms. The average Bonchev–Trinajstić information content (AvgIpc) is 3.22. The van der Waals surface area contributed by atoms with Gasteiger partial charge in [0.2, 0.25) is 11.0 Å². The number of ether oxygens (including phenoxy) is 1. The normalized spacial score (nSPS) is 11.4. The Kier molecular flexibility index (Phi) is 6.37. The maximum Gasteiger partial charge on any atom is 0.311 e. The molecule has 0 saturated carbocycles. The molecule has 0 atom stereocenters. The molecule has 4 aromatic rings. The van der Waals surface area contributed by atoms with Crippen molar-refractivity contribution in [3.63, 3.8) is 0 Å². The van der Waals surface area contributed by atoms with Crippen LogP contribution in [0.5, 0.6) is 5.88 Å². The Morgan fingerprint density at radius 3 is 2.70 bits per heavy atom.